The number of rotatable bonds is 5. The molecule has 0 saturated heterocycles. The van der Waals surface area contributed by atoms with Crippen LogP contribution >= 0.6 is 11.3 Å². The Balaban J connectivity index is 1.64. The van der Waals surface area contributed by atoms with E-state index in [1.165, 1.54) is 0 Å². The molecule has 0 bridgehead atoms. The molecule has 1 aromatic carbocycles. The van der Waals surface area contributed by atoms with Crippen LogP contribution in [0.1, 0.15) is 16.6 Å². The van der Waals surface area contributed by atoms with Gasteiger partial charge in [0.25, 0.3) is 0 Å². The predicted octanol–water partition coefficient (Wildman–Crippen LogP) is 4.21. The van der Waals surface area contributed by atoms with Gasteiger partial charge in [0.15, 0.2) is 11.5 Å². The zero-order chi connectivity index (χ0) is 20.4. The zero-order valence-electron chi connectivity index (χ0n) is 16.5. The molecule has 0 aliphatic carbocycles. The predicted molar refractivity (Wildman–Crippen MR) is 112 cm³/mol. The molecule has 1 N–H and O–H groups in total. The summed E-state index contributed by atoms with van der Waals surface area (Å²) in [5.74, 6) is 1.47. The zero-order valence-corrected chi connectivity index (χ0v) is 17.4. The number of methoxy groups -OCH3 is 3. The summed E-state index contributed by atoms with van der Waals surface area (Å²) in [5, 5.41) is 5.03. The average molecular weight is 413 g/mol. The number of hydrogen-bond acceptors (Lipinski definition) is 5. The minimum absolute atomic E-state index is 0.124. The van der Waals surface area contributed by atoms with Crippen molar-refractivity contribution >= 4 is 23.1 Å². The van der Waals surface area contributed by atoms with Crippen molar-refractivity contribution in [2.24, 2.45) is 0 Å². The number of urea groups is 1. The molecule has 0 spiro atoms. The summed E-state index contributed by atoms with van der Waals surface area (Å²) < 4.78 is 18.3. The summed E-state index contributed by atoms with van der Waals surface area (Å²) in [5.41, 5.74) is 1.69. The van der Waals surface area contributed by atoms with Crippen molar-refractivity contribution in [3.8, 4) is 17.2 Å². The molecular formula is C21H23N3O4S. The molecule has 1 aliphatic rings. The third-order valence-corrected chi connectivity index (χ3v) is 5.95. The number of nitrogens with one attached hydrogen (secondary N) is 1. The van der Waals surface area contributed by atoms with E-state index < -0.39 is 0 Å². The van der Waals surface area contributed by atoms with E-state index in [1.54, 1.807) is 44.8 Å². The monoisotopic (exact) mass is 413 g/mol. The van der Waals surface area contributed by atoms with Gasteiger partial charge in [-0.05, 0) is 23.6 Å². The quantitative estimate of drug-likeness (QED) is 0.680. The van der Waals surface area contributed by atoms with Crippen LogP contribution < -0.4 is 19.5 Å². The van der Waals surface area contributed by atoms with Crippen molar-refractivity contribution in [1.82, 2.24) is 9.47 Å². The average Bonchev–Trinajstić information content (AvgIpc) is 3.43. The Hall–Kier alpha value is -3.13. The highest BCUT2D eigenvalue weighted by atomic mass is 32.1. The summed E-state index contributed by atoms with van der Waals surface area (Å²) in [6.45, 7) is 1.37. The Labute approximate surface area is 173 Å². The third-order valence-electron chi connectivity index (χ3n) is 5.03. The second-order valence-electron chi connectivity index (χ2n) is 6.58. The van der Waals surface area contributed by atoms with Gasteiger partial charge in [-0.3, -0.25) is 0 Å². The number of fused-ring (bicyclic) bond motifs is 1. The SMILES string of the molecule is COc1cc(NC(=O)N2CCn3cccc3[C@@H]2c2cccs2)cc(OC)c1OC. The van der Waals surface area contributed by atoms with Gasteiger partial charge < -0.3 is 29.0 Å². The van der Waals surface area contributed by atoms with Crippen molar-refractivity contribution in [3.05, 3.63) is 58.5 Å². The Morgan fingerprint density at radius 3 is 2.45 bits per heavy atom. The van der Waals surface area contributed by atoms with Gasteiger partial charge in [-0.1, -0.05) is 6.07 Å². The lowest BCUT2D eigenvalue weighted by Crippen LogP contribution is -2.44. The van der Waals surface area contributed by atoms with Crippen molar-refractivity contribution in [1.29, 1.82) is 0 Å². The molecule has 8 heteroatoms. The highest BCUT2D eigenvalue weighted by molar-refractivity contribution is 7.10. The third kappa shape index (κ3) is 3.51. The van der Waals surface area contributed by atoms with Crippen molar-refractivity contribution in [2.45, 2.75) is 12.6 Å². The molecule has 1 atom stereocenters. The van der Waals surface area contributed by atoms with E-state index in [9.17, 15) is 4.79 Å². The van der Waals surface area contributed by atoms with Crippen LogP contribution in [-0.2, 0) is 6.54 Å². The Morgan fingerprint density at radius 1 is 1.07 bits per heavy atom. The number of carbonyl (C=O) groups is 1. The molecule has 2 amide bonds. The molecule has 0 saturated carbocycles. The number of thiophene rings is 1. The van der Waals surface area contributed by atoms with Crippen LogP contribution in [0.5, 0.6) is 17.2 Å². The van der Waals surface area contributed by atoms with Crippen LogP contribution in [0, 0.1) is 0 Å². The summed E-state index contributed by atoms with van der Waals surface area (Å²) in [6, 6.07) is 11.3. The second-order valence-corrected chi connectivity index (χ2v) is 7.56. The summed E-state index contributed by atoms with van der Waals surface area (Å²) in [6.07, 6.45) is 2.06. The van der Waals surface area contributed by atoms with Gasteiger partial charge in [0, 0.05) is 42.0 Å². The van der Waals surface area contributed by atoms with Crippen molar-refractivity contribution < 1.29 is 19.0 Å². The molecule has 3 heterocycles. The Kier molecular flexibility index (Phi) is 5.35. The molecule has 0 radical (unpaired) electrons. The van der Waals surface area contributed by atoms with Crippen molar-refractivity contribution in [3.63, 3.8) is 0 Å². The number of benzene rings is 1. The van der Waals surface area contributed by atoms with Crippen LogP contribution in [0.2, 0.25) is 0 Å². The fraction of sp³-hybridized carbons (Fsp3) is 0.286. The van der Waals surface area contributed by atoms with Gasteiger partial charge in [0.2, 0.25) is 5.75 Å². The first kappa shape index (κ1) is 19.2. The number of hydrogen-bond donors (Lipinski definition) is 1. The Bertz CT molecular complexity index is 974. The normalized spacial score (nSPS) is 15.6. The van der Waals surface area contributed by atoms with Crippen LogP contribution in [0.15, 0.2) is 48.0 Å². The van der Waals surface area contributed by atoms with Gasteiger partial charge in [0.05, 0.1) is 27.0 Å². The fourth-order valence-corrected chi connectivity index (χ4v) is 4.55. The van der Waals surface area contributed by atoms with Crippen molar-refractivity contribution in [2.75, 3.05) is 33.2 Å². The maximum absolute atomic E-state index is 13.3. The van der Waals surface area contributed by atoms with Crippen LogP contribution in [0.3, 0.4) is 0 Å². The maximum Gasteiger partial charge on any atom is 0.322 e. The molecule has 152 valence electrons. The topological polar surface area (TPSA) is 65.0 Å². The number of anilines is 1. The lowest BCUT2D eigenvalue weighted by Gasteiger charge is -2.36. The lowest BCUT2D eigenvalue weighted by atomic mass is 10.1. The van der Waals surface area contributed by atoms with E-state index in [1.807, 2.05) is 22.4 Å². The van der Waals surface area contributed by atoms with E-state index >= 15 is 0 Å². The smallest absolute Gasteiger partial charge is 0.322 e. The van der Waals surface area contributed by atoms with E-state index in [-0.39, 0.29) is 12.1 Å². The van der Waals surface area contributed by atoms with E-state index in [0.717, 1.165) is 17.1 Å². The highest BCUT2D eigenvalue weighted by Gasteiger charge is 2.33. The minimum atomic E-state index is -0.176. The summed E-state index contributed by atoms with van der Waals surface area (Å²) >= 11 is 1.65. The molecule has 4 rings (SSSR count). The first-order valence-corrected chi connectivity index (χ1v) is 10.1. The van der Waals surface area contributed by atoms with Gasteiger partial charge in [-0.15, -0.1) is 11.3 Å². The molecule has 1 aliphatic heterocycles. The lowest BCUT2D eigenvalue weighted by molar-refractivity contribution is 0.183. The first-order valence-electron chi connectivity index (χ1n) is 9.22. The minimum Gasteiger partial charge on any atom is -0.493 e. The number of ether oxygens (including phenoxy) is 3. The maximum atomic E-state index is 13.3. The largest absolute Gasteiger partial charge is 0.493 e. The van der Waals surface area contributed by atoms with E-state index in [2.05, 4.69) is 28.2 Å². The number of aromatic nitrogens is 1. The molecule has 7 nitrogen and oxygen atoms in total. The fourth-order valence-electron chi connectivity index (χ4n) is 3.70. The van der Waals surface area contributed by atoms with Crippen LogP contribution in [0.25, 0.3) is 0 Å². The molecular weight excluding hydrogens is 390 g/mol. The Morgan fingerprint density at radius 2 is 1.83 bits per heavy atom. The summed E-state index contributed by atoms with van der Waals surface area (Å²) in [7, 11) is 4.65. The number of nitrogens with zero attached hydrogens (tertiary/aromatic N) is 2. The summed E-state index contributed by atoms with van der Waals surface area (Å²) in [4.78, 5) is 16.3. The standard InChI is InChI=1S/C21H23N3O4S/c1-26-16-12-14(13-17(27-2)20(16)28-3)22-21(25)24-10-9-23-8-4-6-15(23)19(24)18-7-5-11-29-18/h4-8,11-13,19H,9-10H2,1-3H3,(H,22,25)/t19-/m1/s1. The molecule has 3 aromatic rings. The second kappa shape index (κ2) is 8.08. The van der Waals surface area contributed by atoms with Gasteiger partial charge in [-0.25, -0.2) is 4.79 Å². The van der Waals surface area contributed by atoms with Gasteiger partial charge >= 0.3 is 6.03 Å². The van der Waals surface area contributed by atoms with E-state index in [4.69, 9.17) is 14.2 Å². The van der Waals surface area contributed by atoms with Crippen LogP contribution in [0.4, 0.5) is 10.5 Å². The number of amides is 2. The molecule has 0 unspecified atom stereocenters. The molecule has 2 aromatic heterocycles. The van der Waals surface area contributed by atoms with Gasteiger partial charge in [0.1, 0.15) is 6.04 Å². The van der Waals surface area contributed by atoms with Crippen LogP contribution in [-0.4, -0.2) is 43.4 Å². The molecule has 0 fully saturated rings. The first-order chi connectivity index (χ1) is 14.2. The number of carbonyl (C=O) groups excluding carboxylic acids is 1. The highest BCUT2D eigenvalue weighted by Crippen LogP contribution is 2.40. The van der Waals surface area contributed by atoms with Gasteiger partial charge in [-0.2, -0.15) is 0 Å². The van der Waals surface area contributed by atoms with E-state index in [0.29, 0.717) is 29.5 Å². The molecule has 29 heavy (non-hydrogen) atoms.